The number of carbonyl (C=O) groups excluding carboxylic acids is 1. The second-order valence-electron chi connectivity index (χ2n) is 6.30. The van der Waals surface area contributed by atoms with Crippen molar-refractivity contribution in [3.05, 3.63) is 0 Å². The summed E-state index contributed by atoms with van der Waals surface area (Å²) >= 11 is 0. The zero-order valence-corrected chi connectivity index (χ0v) is 11.4. The molecule has 0 bridgehead atoms. The fraction of sp³-hybridized carbons (Fsp3) is 0.929. The third-order valence-corrected chi connectivity index (χ3v) is 4.52. The monoisotopic (exact) mass is 254 g/mol. The summed E-state index contributed by atoms with van der Waals surface area (Å²) < 4.78 is 0. The van der Waals surface area contributed by atoms with Gasteiger partial charge in [-0.15, -0.1) is 0 Å². The number of rotatable bonds is 2. The maximum Gasteiger partial charge on any atom is 0.242 e. The average Bonchev–Trinajstić information content (AvgIpc) is 2.37. The van der Waals surface area contributed by atoms with E-state index in [0.717, 1.165) is 38.6 Å². The number of likely N-dealkylation sites (tertiary alicyclic amines) is 1. The van der Waals surface area contributed by atoms with Crippen molar-refractivity contribution in [1.29, 1.82) is 0 Å². The van der Waals surface area contributed by atoms with Gasteiger partial charge in [-0.2, -0.15) is 0 Å². The van der Waals surface area contributed by atoms with Crippen molar-refractivity contribution in [3.8, 4) is 0 Å². The van der Waals surface area contributed by atoms with E-state index in [1.165, 1.54) is 6.42 Å². The molecule has 3 N–H and O–H groups in total. The van der Waals surface area contributed by atoms with Crippen LogP contribution in [0.15, 0.2) is 0 Å². The first-order valence-corrected chi connectivity index (χ1v) is 7.24. The number of nitrogens with zero attached hydrogens (tertiary/aromatic N) is 1. The van der Waals surface area contributed by atoms with E-state index in [-0.39, 0.29) is 18.4 Å². The highest BCUT2D eigenvalue weighted by molar-refractivity contribution is 5.86. The van der Waals surface area contributed by atoms with Gasteiger partial charge in [0.1, 0.15) is 0 Å². The number of carbonyl (C=O) groups is 1. The number of aliphatic hydroxyl groups excluding tert-OH is 1. The Morgan fingerprint density at radius 3 is 2.89 bits per heavy atom. The van der Waals surface area contributed by atoms with Crippen LogP contribution in [0.5, 0.6) is 0 Å². The van der Waals surface area contributed by atoms with E-state index in [1.54, 1.807) is 0 Å². The lowest BCUT2D eigenvalue weighted by molar-refractivity contribution is -0.141. The fourth-order valence-electron chi connectivity index (χ4n) is 3.50. The van der Waals surface area contributed by atoms with E-state index < -0.39 is 5.54 Å². The molecule has 2 rings (SSSR count). The molecule has 1 aliphatic heterocycles. The van der Waals surface area contributed by atoms with Crippen molar-refractivity contribution in [2.45, 2.75) is 51.0 Å². The molecular weight excluding hydrogens is 228 g/mol. The Morgan fingerprint density at radius 1 is 1.44 bits per heavy atom. The molecule has 1 saturated heterocycles. The molecule has 3 unspecified atom stereocenters. The van der Waals surface area contributed by atoms with E-state index >= 15 is 0 Å². The first-order chi connectivity index (χ1) is 8.55. The molecule has 0 aromatic rings. The molecule has 2 fully saturated rings. The zero-order chi connectivity index (χ0) is 13.2. The van der Waals surface area contributed by atoms with Gasteiger partial charge < -0.3 is 15.7 Å². The third-order valence-electron chi connectivity index (χ3n) is 4.52. The molecule has 1 heterocycles. The standard InChI is InChI=1S/C14H26N2O2/c1-11-4-2-6-14(15,8-11)13(18)16-7-3-5-12(9-16)10-17/h11-12,17H,2-10,15H2,1H3. The quantitative estimate of drug-likeness (QED) is 0.776. The molecule has 104 valence electrons. The van der Waals surface area contributed by atoms with Crippen molar-refractivity contribution >= 4 is 5.91 Å². The molecule has 0 aromatic heterocycles. The summed E-state index contributed by atoms with van der Waals surface area (Å²) in [7, 11) is 0. The zero-order valence-electron chi connectivity index (χ0n) is 11.4. The summed E-state index contributed by atoms with van der Waals surface area (Å²) in [5, 5.41) is 9.24. The Kier molecular flexibility index (Phi) is 4.28. The van der Waals surface area contributed by atoms with E-state index in [1.807, 2.05) is 4.90 Å². The number of piperidine rings is 1. The van der Waals surface area contributed by atoms with Crippen LogP contribution in [0, 0.1) is 11.8 Å². The largest absolute Gasteiger partial charge is 0.396 e. The van der Waals surface area contributed by atoms with Crippen LogP contribution in [0.2, 0.25) is 0 Å². The van der Waals surface area contributed by atoms with Crippen LogP contribution in [0.3, 0.4) is 0 Å². The predicted molar refractivity (Wildman–Crippen MR) is 70.9 cm³/mol. The molecule has 1 amide bonds. The molecule has 0 spiro atoms. The Hall–Kier alpha value is -0.610. The maximum atomic E-state index is 12.6. The Labute approximate surface area is 110 Å². The van der Waals surface area contributed by atoms with Crippen molar-refractivity contribution in [2.75, 3.05) is 19.7 Å². The van der Waals surface area contributed by atoms with E-state index in [4.69, 9.17) is 5.73 Å². The Morgan fingerprint density at radius 2 is 2.22 bits per heavy atom. The highest BCUT2D eigenvalue weighted by Gasteiger charge is 2.41. The molecule has 4 heteroatoms. The summed E-state index contributed by atoms with van der Waals surface area (Å²) in [6, 6.07) is 0. The van der Waals surface area contributed by atoms with Crippen LogP contribution in [0.4, 0.5) is 0 Å². The predicted octanol–water partition coefficient (Wildman–Crippen LogP) is 1.12. The van der Waals surface area contributed by atoms with Crippen molar-refractivity contribution in [3.63, 3.8) is 0 Å². The first kappa shape index (κ1) is 13.8. The minimum atomic E-state index is -0.644. The Balaban J connectivity index is 2.01. The molecule has 3 atom stereocenters. The van der Waals surface area contributed by atoms with Crippen LogP contribution in [0.25, 0.3) is 0 Å². The summed E-state index contributed by atoms with van der Waals surface area (Å²) in [6.07, 6.45) is 5.88. The van der Waals surface area contributed by atoms with E-state index in [2.05, 4.69) is 6.92 Å². The summed E-state index contributed by atoms with van der Waals surface area (Å²) in [5.74, 6) is 0.908. The SMILES string of the molecule is CC1CCCC(N)(C(=O)N2CCCC(CO)C2)C1. The smallest absolute Gasteiger partial charge is 0.242 e. The van der Waals surface area contributed by atoms with Crippen molar-refractivity contribution in [2.24, 2.45) is 17.6 Å². The molecule has 0 aromatic carbocycles. The number of nitrogens with two attached hydrogens (primary N) is 1. The van der Waals surface area contributed by atoms with Crippen LogP contribution in [-0.2, 0) is 4.79 Å². The minimum absolute atomic E-state index is 0.118. The highest BCUT2D eigenvalue weighted by atomic mass is 16.3. The average molecular weight is 254 g/mol. The van der Waals surface area contributed by atoms with Crippen LogP contribution >= 0.6 is 0 Å². The fourth-order valence-corrected chi connectivity index (χ4v) is 3.50. The van der Waals surface area contributed by atoms with Gasteiger partial charge in [-0.25, -0.2) is 0 Å². The van der Waals surface area contributed by atoms with Gasteiger partial charge >= 0.3 is 0 Å². The second-order valence-corrected chi connectivity index (χ2v) is 6.30. The lowest BCUT2D eigenvalue weighted by Gasteiger charge is -2.41. The van der Waals surface area contributed by atoms with Crippen molar-refractivity contribution in [1.82, 2.24) is 4.90 Å². The number of hydrogen-bond acceptors (Lipinski definition) is 3. The highest BCUT2D eigenvalue weighted by Crippen LogP contribution is 2.32. The summed E-state index contributed by atoms with van der Waals surface area (Å²) in [5.41, 5.74) is 5.71. The molecule has 4 nitrogen and oxygen atoms in total. The number of aliphatic hydroxyl groups is 1. The summed E-state index contributed by atoms with van der Waals surface area (Å²) in [4.78, 5) is 14.5. The second kappa shape index (κ2) is 5.57. The molecular formula is C14H26N2O2. The lowest BCUT2D eigenvalue weighted by Crippen LogP contribution is -2.59. The van der Waals surface area contributed by atoms with Gasteiger partial charge in [-0.05, 0) is 37.5 Å². The molecule has 18 heavy (non-hydrogen) atoms. The number of hydrogen-bond donors (Lipinski definition) is 2. The topological polar surface area (TPSA) is 66.6 Å². The van der Waals surface area contributed by atoms with Crippen molar-refractivity contribution < 1.29 is 9.90 Å². The van der Waals surface area contributed by atoms with Gasteiger partial charge in [0.15, 0.2) is 0 Å². The third kappa shape index (κ3) is 2.86. The lowest BCUT2D eigenvalue weighted by atomic mass is 9.76. The number of amides is 1. The van der Waals surface area contributed by atoms with Gasteiger partial charge in [-0.1, -0.05) is 19.8 Å². The van der Waals surface area contributed by atoms with Crippen LogP contribution in [0.1, 0.15) is 45.4 Å². The molecule has 1 aliphatic carbocycles. The van der Waals surface area contributed by atoms with Crippen LogP contribution < -0.4 is 5.73 Å². The van der Waals surface area contributed by atoms with Gasteiger partial charge in [-0.3, -0.25) is 4.79 Å². The first-order valence-electron chi connectivity index (χ1n) is 7.24. The van der Waals surface area contributed by atoms with Gasteiger partial charge in [0.05, 0.1) is 5.54 Å². The maximum absolute atomic E-state index is 12.6. The molecule has 2 aliphatic rings. The Bertz CT molecular complexity index is 308. The minimum Gasteiger partial charge on any atom is -0.396 e. The van der Waals surface area contributed by atoms with Crippen LogP contribution in [-0.4, -0.2) is 41.1 Å². The molecule has 0 radical (unpaired) electrons. The van der Waals surface area contributed by atoms with Gasteiger partial charge in [0, 0.05) is 19.7 Å². The molecule has 1 saturated carbocycles. The summed E-state index contributed by atoms with van der Waals surface area (Å²) in [6.45, 7) is 3.85. The van der Waals surface area contributed by atoms with E-state index in [0.29, 0.717) is 12.5 Å². The van der Waals surface area contributed by atoms with Gasteiger partial charge in [0.2, 0.25) is 5.91 Å². The van der Waals surface area contributed by atoms with Gasteiger partial charge in [0.25, 0.3) is 0 Å². The normalized spacial score (nSPS) is 37.6. The van der Waals surface area contributed by atoms with E-state index in [9.17, 15) is 9.90 Å².